The van der Waals surface area contributed by atoms with Gasteiger partial charge in [-0.25, -0.2) is 4.98 Å². The van der Waals surface area contributed by atoms with Crippen LogP contribution in [0, 0.1) is 6.92 Å². The van der Waals surface area contributed by atoms with Gasteiger partial charge in [-0.05, 0) is 6.92 Å². The van der Waals surface area contributed by atoms with Gasteiger partial charge in [-0.15, -0.1) is 0 Å². The zero-order valence-corrected chi connectivity index (χ0v) is 5.87. The first-order chi connectivity index (χ1) is 4.97. The fourth-order valence-corrected chi connectivity index (χ4v) is 0.764. The summed E-state index contributed by atoms with van der Waals surface area (Å²) in [7, 11) is 0. The van der Waals surface area contributed by atoms with Crippen LogP contribution in [-0.2, 0) is 6.42 Å². The van der Waals surface area contributed by atoms with E-state index in [1.54, 1.807) is 6.92 Å². The van der Waals surface area contributed by atoms with E-state index in [0.29, 0.717) is 5.82 Å². The van der Waals surface area contributed by atoms with Gasteiger partial charge in [0.2, 0.25) is 0 Å². The second-order valence-electron chi connectivity index (χ2n) is 2.27. The summed E-state index contributed by atoms with van der Waals surface area (Å²) in [5.41, 5.74) is 0.0370. The lowest BCUT2D eigenvalue weighted by atomic mass is 10.3. The van der Waals surface area contributed by atoms with E-state index in [1.807, 2.05) is 0 Å². The van der Waals surface area contributed by atoms with E-state index in [4.69, 9.17) is 0 Å². The van der Waals surface area contributed by atoms with E-state index in [9.17, 15) is 13.2 Å². The number of aryl methyl sites for hydroxylation is 1. The molecular weight excluding hydrogens is 157 g/mol. The van der Waals surface area contributed by atoms with Crippen molar-refractivity contribution in [2.45, 2.75) is 19.5 Å². The van der Waals surface area contributed by atoms with Crippen LogP contribution in [0.4, 0.5) is 13.2 Å². The average molecular weight is 164 g/mol. The predicted molar refractivity (Wildman–Crippen MR) is 33.1 cm³/mol. The highest BCUT2D eigenvalue weighted by Gasteiger charge is 2.28. The van der Waals surface area contributed by atoms with Crippen molar-refractivity contribution in [3.05, 3.63) is 17.7 Å². The van der Waals surface area contributed by atoms with Crippen molar-refractivity contribution >= 4 is 0 Å². The molecule has 5 heteroatoms. The summed E-state index contributed by atoms with van der Waals surface area (Å²) in [6.07, 6.45) is -3.86. The van der Waals surface area contributed by atoms with E-state index in [-0.39, 0.29) is 5.69 Å². The molecule has 1 heterocycles. The Balaban J connectivity index is 2.65. The molecule has 11 heavy (non-hydrogen) atoms. The largest absolute Gasteiger partial charge is 0.394 e. The van der Waals surface area contributed by atoms with Crippen molar-refractivity contribution in [1.82, 2.24) is 9.97 Å². The minimum Gasteiger partial charge on any atom is -0.349 e. The first-order valence-corrected chi connectivity index (χ1v) is 3.05. The lowest BCUT2D eigenvalue weighted by Crippen LogP contribution is -2.11. The number of imidazole rings is 1. The molecule has 0 saturated heterocycles. The summed E-state index contributed by atoms with van der Waals surface area (Å²) in [6, 6.07) is 0. The molecule has 0 spiro atoms. The average Bonchev–Trinajstić information content (AvgIpc) is 2.10. The molecule has 0 saturated carbocycles. The van der Waals surface area contributed by atoms with Gasteiger partial charge in [0.05, 0.1) is 12.1 Å². The Morgan fingerprint density at radius 2 is 2.18 bits per heavy atom. The van der Waals surface area contributed by atoms with Crippen LogP contribution >= 0.6 is 0 Å². The SMILES string of the molecule is Cc1nc(CC(F)(F)F)c[nH]1. The highest BCUT2D eigenvalue weighted by atomic mass is 19.4. The Morgan fingerprint density at radius 3 is 2.55 bits per heavy atom. The maximum Gasteiger partial charge on any atom is 0.394 e. The van der Waals surface area contributed by atoms with E-state index >= 15 is 0 Å². The molecular formula is C6H7F3N2. The second-order valence-corrected chi connectivity index (χ2v) is 2.27. The van der Waals surface area contributed by atoms with Crippen LogP contribution in [0.5, 0.6) is 0 Å². The van der Waals surface area contributed by atoms with Gasteiger partial charge in [0.1, 0.15) is 5.82 Å². The minimum absolute atomic E-state index is 0.0370. The molecule has 0 aliphatic carbocycles. The molecule has 1 aromatic rings. The van der Waals surface area contributed by atoms with E-state index < -0.39 is 12.6 Å². The number of rotatable bonds is 1. The summed E-state index contributed by atoms with van der Waals surface area (Å²) in [4.78, 5) is 6.20. The van der Waals surface area contributed by atoms with E-state index in [0.717, 1.165) is 0 Å². The third-order valence-electron chi connectivity index (χ3n) is 1.14. The molecule has 0 bridgehead atoms. The maximum atomic E-state index is 11.7. The molecule has 0 fully saturated rings. The van der Waals surface area contributed by atoms with Crippen LogP contribution in [0.2, 0.25) is 0 Å². The molecule has 0 radical (unpaired) electrons. The number of aromatic nitrogens is 2. The quantitative estimate of drug-likeness (QED) is 0.673. The number of hydrogen-bond donors (Lipinski definition) is 1. The van der Waals surface area contributed by atoms with E-state index in [1.165, 1.54) is 6.20 Å². The Kier molecular flexibility index (Phi) is 1.89. The van der Waals surface area contributed by atoms with Gasteiger partial charge in [0.25, 0.3) is 0 Å². The molecule has 1 aromatic heterocycles. The lowest BCUT2D eigenvalue weighted by molar-refractivity contribution is -0.127. The number of aromatic amines is 1. The monoisotopic (exact) mass is 164 g/mol. The topological polar surface area (TPSA) is 28.7 Å². The van der Waals surface area contributed by atoms with Gasteiger partial charge in [-0.3, -0.25) is 0 Å². The van der Waals surface area contributed by atoms with Crippen LogP contribution < -0.4 is 0 Å². The molecule has 2 nitrogen and oxygen atoms in total. The van der Waals surface area contributed by atoms with Gasteiger partial charge >= 0.3 is 6.18 Å². The molecule has 0 atom stereocenters. The molecule has 0 aliphatic heterocycles. The highest BCUT2D eigenvalue weighted by Crippen LogP contribution is 2.19. The number of hydrogen-bond acceptors (Lipinski definition) is 1. The number of alkyl halides is 3. The molecule has 0 amide bonds. The first kappa shape index (κ1) is 8.10. The van der Waals surface area contributed by atoms with Crippen LogP contribution in [0.3, 0.4) is 0 Å². The van der Waals surface area contributed by atoms with Crippen molar-refractivity contribution in [2.75, 3.05) is 0 Å². The number of nitrogens with zero attached hydrogens (tertiary/aromatic N) is 1. The number of halogens is 3. The molecule has 0 unspecified atom stereocenters. The summed E-state index contributed by atoms with van der Waals surface area (Å²) in [5, 5.41) is 0. The molecule has 0 aliphatic rings. The zero-order valence-electron chi connectivity index (χ0n) is 5.87. The lowest BCUT2D eigenvalue weighted by Gasteiger charge is -2.01. The normalized spacial score (nSPS) is 12.0. The third-order valence-corrected chi connectivity index (χ3v) is 1.14. The van der Waals surface area contributed by atoms with Gasteiger partial charge < -0.3 is 4.98 Å². The maximum absolute atomic E-state index is 11.7. The first-order valence-electron chi connectivity index (χ1n) is 3.05. The van der Waals surface area contributed by atoms with Crippen LogP contribution in [0.15, 0.2) is 6.20 Å². The van der Waals surface area contributed by atoms with Crippen molar-refractivity contribution < 1.29 is 13.2 Å². The third kappa shape index (κ3) is 2.61. The van der Waals surface area contributed by atoms with Gasteiger partial charge in [0, 0.05) is 6.20 Å². The smallest absolute Gasteiger partial charge is 0.349 e. The van der Waals surface area contributed by atoms with Crippen LogP contribution in [-0.4, -0.2) is 16.1 Å². The van der Waals surface area contributed by atoms with Crippen LogP contribution in [0.25, 0.3) is 0 Å². The zero-order chi connectivity index (χ0) is 8.48. The number of H-pyrrole nitrogens is 1. The molecule has 1 rings (SSSR count). The molecule has 62 valence electrons. The predicted octanol–water partition coefficient (Wildman–Crippen LogP) is 1.82. The van der Waals surface area contributed by atoms with Crippen molar-refractivity contribution in [2.24, 2.45) is 0 Å². The van der Waals surface area contributed by atoms with Gasteiger partial charge in [0.15, 0.2) is 0 Å². The summed E-state index contributed by atoms with van der Waals surface area (Å²) >= 11 is 0. The standard InChI is InChI=1S/C6H7F3N2/c1-4-10-3-5(11-4)2-6(7,8)9/h3H,2H2,1H3,(H,10,11). The van der Waals surface area contributed by atoms with Crippen molar-refractivity contribution in [3.63, 3.8) is 0 Å². The second kappa shape index (κ2) is 2.56. The Hall–Kier alpha value is -1.00. The van der Waals surface area contributed by atoms with Gasteiger partial charge in [-0.1, -0.05) is 0 Å². The van der Waals surface area contributed by atoms with Crippen molar-refractivity contribution in [1.29, 1.82) is 0 Å². The van der Waals surface area contributed by atoms with Crippen molar-refractivity contribution in [3.8, 4) is 0 Å². The molecule has 0 aromatic carbocycles. The summed E-state index contributed by atoms with van der Waals surface area (Å²) in [5.74, 6) is 0.504. The van der Waals surface area contributed by atoms with Crippen LogP contribution in [0.1, 0.15) is 11.5 Å². The fraction of sp³-hybridized carbons (Fsp3) is 0.500. The summed E-state index contributed by atoms with van der Waals surface area (Å²) < 4.78 is 35.1. The summed E-state index contributed by atoms with van der Waals surface area (Å²) in [6.45, 7) is 1.61. The van der Waals surface area contributed by atoms with Gasteiger partial charge in [-0.2, -0.15) is 13.2 Å². The Bertz CT molecular complexity index is 238. The Labute approximate surface area is 61.5 Å². The minimum atomic E-state index is -4.17. The Morgan fingerprint density at radius 1 is 1.55 bits per heavy atom. The highest BCUT2D eigenvalue weighted by molar-refractivity contribution is 5.01. The number of nitrogens with one attached hydrogen (secondary N) is 1. The van der Waals surface area contributed by atoms with E-state index in [2.05, 4.69) is 9.97 Å². The fourth-order valence-electron chi connectivity index (χ4n) is 0.764. The molecule has 1 N–H and O–H groups in total.